The molecular weight excluding hydrogens is 348 g/mol. The summed E-state index contributed by atoms with van der Waals surface area (Å²) in [6.45, 7) is 4.77. The number of nitrogens with zero attached hydrogens (tertiary/aromatic N) is 6. The van der Waals surface area contributed by atoms with Crippen LogP contribution in [0.3, 0.4) is 0 Å². The molecule has 2 saturated heterocycles. The van der Waals surface area contributed by atoms with Crippen molar-refractivity contribution in [1.82, 2.24) is 24.8 Å². The summed E-state index contributed by atoms with van der Waals surface area (Å²) >= 11 is 1.66. The lowest BCUT2D eigenvalue weighted by Gasteiger charge is -2.38. The fourth-order valence-electron chi connectivity index (χ4n) is 3.73. The van der Waals surface area contributed by atoms with E-state index in [4.69, 9.17) is 0 Å². The van der Waals surface area contributed by atoms with Crippen molar-refractivity contribution in [3.63, 3.8) is 0 Å². The van der Waals surface area contributed by atoms with Gasteiger partial charge in [0.15, 0.2) is 0 Å². The van der Waals surface area contributed by atoms with Gasteiger partial charge in [0.05, 0.1) is 12.6 Å². The van der Waals surface area contributed by atoms with Crippen molar-refractivity contribution >= 4 is 23.2 Å². The molecule has 0 N–H and O–H groups in total. The van der Waals surface area contributed by atoms with Crippen molar-refractivity contribution < 1.29 is 4.79 Å². The summed E-state index contributed by atoms with van der Waals surface area (Å²) in [6, 6.07) is 1.99. The lowest BCUT2D eigenvalue weighted by atomic mass is 10.0. The Morgan fingerprint density at radius 3 is 2.58 bits per heavy atom. The zero-order valence-corrected chi connectivity index (χ0v) is 15.6. The fraction of sp³-hybridized carbons (Fsp3) is 0.556. The molecule has 8 heteroatoms. The molecule has 1 amide bonds. The van der Waals surface area contributed by atoms with Crippen LogP contribution in [0.1, 0.15) is 30.3 Å². The number of hydrogen-bond donors (Lipinski definition) is 0. The topological polar surface area (TPSA) is 65.5 Å². The van der Waals surface area contributed by atoms with Crippen molar-refractivity contribution in [3.05, 3.63) is 35.0 Å². The van der Waals surface area contributed by atoms with Crippen molar-refractivity contribution in [2.24, 2.45) is 0 Å². The first kappa shape index (κ1) is 17.4. The molecule has 0 aliphatic carbocycles. The second-order valence-electron chi connectivity index (χ2n) is 6.78. The zero-order chi connectivity index (χ0) is 17.8. The highest BCUT2D eigenvalue weighted by Gasteiger charge is 2.31. The van der Waals surface area contributed by atoms with E-state index >= 15 is 0 Å². The zero-order valence-electron chi connectivity index (χ0n) is 14.8. The lowest BCUT2D eigenvalue weighted by Crippen LogP contribution is -2.51. The minimum atomic E-state index is 0.162. The Morgan fingerprint density at radius 1 is 1.04 bits per heavy atom. The van der Waals surface area contributed by atoms with Gasteiger partial charge in [0.2, 0.25) is 11.9 Å². The van der Waals surface area contributed by atoms with E-state index in [9.17, 15) is 4.79 Å². The maximum absolute atomic E-state index is 12.9. The second kappa shape index (κ2) is 8.09. The molecular formula is C18H24N6OS. The molecule has 26 heavy (non-hydrogen) atoms. The molecule has 0 bridgehead atoms. The first-order chi connectivity index (χ1) is 12.8. The average Bonchev–Trinajstić information content (AvgIpc) is 3.24. The minimum absolute atomic E-state index is 0.162. The molecule has 0 radical (unpaired) electrons. The molecule has 2 fully saturated rings. The first-order valence-electron chi connectivity index (χ1n) is 9.24. The highest BCUT2D eigenvalue weighted by molar-refractivity contribution is 7.09. The van der Waals surface area contributed by atoms with Gasteiger partial charge < -0.3 is 9.80 Å². The third-order valence-corrected chi connectivity index (χ3v) is 6.00. The number of anilines is 1. The van der Waals surface area contributed by atoms with E-state index in [2.05, 4.69) is 29.7 Å². The average molecular weight is 372 g/mol. The summed E-state index contributed by atoms with van der Waals surface area (Å²) in [5.41, 5.74) is 0. The minimum Gasteiger partial charge on any atom is -0.338 e. The Hall–Kier alpha value is -2.06. The number of aromatic nitrogens is 3. The molecule has 1 unspecified atom stereocenters. The van der Waals surface area contributed by atoms with E-state index < -0.39 is 0 Å². The molecule has 4 heterocycles. The van der Waals surface area contributed by atoms with Crippen LogP contribution in [0.5, 0.6) is 0 Å². The number of likely N-dealkylation sites (tertiary alicyclic amines) is 1. The first-order valence-corrected chi connectivity index (χ1v) is 10.1. The molecule has 0 aromatic carbocycles. The third kappa shape index (κ3) is 3.86. The van der Waals surface area contributed by atoms with Crippen LogP contribution in [-0.2, 0) is 4.79 Å². The third-order valence-electron chi connectivity index (χ3n) is 5.13. The number of piperidine rings is 1. The van der Waals surface area contributed by atoms with Crippen molar-refractivity contribution in [2.75, 3.05) is 44.2 Å². The van der Waals surface area contributed by atoms with E-state index in [1.54, 1.807) is 23.7 Å². The molecule has 2 aliphatic rings. The maximum atomic E-state index is 12.9. The van der Waals surface area contributed by atoms with Gasteiger partial charge in [-0.15, -0.1) is 11.3 Å². The van der Waals surface area contributed by atoms with Crippen LogP contribution in [0.15, 0.2) is 30.0 Å². The molecule has 7 nitrogen and oxygen atoms in total. The van der Waals surface area contributed by atoms with Crippen molar-refractivity contribution in [1.29, 1.82) is 0 Å². The summed E-state index contributed by atoms with van der Waals surface area (Å²) in [5, 5.41) is 3.07. The molecule has 2 aliphatic heterocycles. The van der Waals surface area contributed by atoms with Crippen LogP contribution in [0, 0.1) is 0 Å². The summed E-state index contributed by atoms with van der Waals surface area (Å²) in [7, 11) is 0. The van der Waals surface area contributed by atoms with Crippen molar-refractivity contribution in [2.45, 2.75) is 25.3 Å². The van der Waals surface area contributed by atoms with Gasteiger partial charge >= 0.3 is 0 Å². The van der Waals surface area contributed by atoms with Crippen LogP contribution in [0.4, 0.5) is 5.95 Å². The van der Waals surface area contributed by atoms with Gasteiger partial charge in [-0.1, -0.05) is 0 Å². The van der Waals surface area contributed by atoms with Crippen LogP contribution in [0.2, 0.25) is 0 Å². The molecule has 0 spiro atoms. The van der Waals surface area contributed by atoms with Crippen molar-refractivity contribution in [3.8, 4) is 0 Å². The Kier molecular flexibility index (Phi) is 5.40. The molecule has 2 aromatic rings. The monoisotopic (exact) mass is 372 g/mol. The lowest BCUT2D eigenvalue weighted by molar-refractivity contribution is -0.136. The fourth-order valence-corrected chi connectivity index (χ4v) is 4.51. The van der Waals surface area contributed by atoms with E-state index in [1.165, 1.54) is 6.42 Å². The number of rotatable bonds is 4. The summed E-state index contributed by atoms with van der Waals surface area (Å²) < 4.78 is 0. The van der Waals surface area contributed by atoms with E-state index in [1.807, 2.05) is 17.6 Å². The maximum Gasteiger partial charge on any atom is 0.237 e. The molecule has 0 saturated carbocycles. The van der Waals surface area contributed by atoms with Crippen LogP contribution >= 0.6 is 11.3 Å². The quantitative estimate of drug-likeness (QED) is 0.816. The van der Waals surface area contributed by atoms with Crippen LogP contribution < -0.4 is 4.90 Å². The van der Waals surface area contributed by atoms with Gasteiger partial charge in [-0.2, -0.15) is 0 Å². The SMILES string of the molecule is O=C(CN1CCN(c2ncccn2)CC1)N1CCCCC1c1nccs1. The number of carbonyl (C=O) groups is 1. The number of carbonyl (C=O) groups excluding carboxylic acids is 1. The van der Waals surface area contributed by atoms with Crippen LogP contribution in [-0.4, -0.2) is 69.9 Å². The van der Waals surface area contributed by atoms with Crippen LogP contribution in [0.25, 0.3) is 0 Å². The Bertz CT molecular complexity index is 702. The molecule has 4 rings (SSSR count). The number of amides is 1. The number of piperazine rings is 1. The normalized spacial score (nSPS) is 21.8. The van der Waals surface area contributed by atoms with Gasteiger partial charge in [0, 0.05) is 56.7 Å². The Labute approximate surface area is 157 Å². The highest BCUT2D eigenvalue weighted by Crippen LogP contribution is 2.32. The molecule has 138 valence electrons. The standard InChI is InChI=1S/C18H24N6OS/c25-16(24-8-2-1-4-15(24)17-19-7-13-26-17)14-22-9-11-23(12-10-22)18-20-5-3-6-21-18/h3,5-7,13,15H,1-2,4,8-12,14H2. The summed E-state index contributed by atoms with van der Waals surface area (Å²) in [5.74, 6) is 1.01. The Balaban J connectivity index is 1.33. The van der Waals surface area contributed by atoms with Gasteiger partial charge in [-0.05, 0) is 25.3 Å². The van der Waals surface area contributed by atoms with Gasteiger partial charge in [-0.3, -0.25) is 9.69 Å². The van der Waals surface area contributed by atoms with Gasteiger partial charge in [0.1, 0.15) is 5.01 Å². The van der Waals surface area contributed by atoms with E-state index in [0.717, 1.165) is 56.5 Å². The number of hydrogen-bond acceptors (Lipinski definition) is 7. The largest absolute Gasteiger partial charge is 0.338 e. The smallest absolute Gasteiger partial charge is 0.237 e. The predicted molar refractivity (Wildman–Crippen MR) is 101 cm³/mol. The van der Waals surface area contributed by atoms with Gasteiger partial charge in [0.25, 0.3) is 0 Å². The highest BCUT2D eigenvalue weighted by atomic mass is 32.1. The van der Waals surface area contributed by atoms with E-state index in [0.29, 0.717) is 6.54 Å². The van der Waals surface area contributed by atoms with E-state index in [-0.39, 0.29) is 11.9 Å². The number of thiazole rings is 1. The molecule has 1 atom stereocenters. The van der Waals surface area contributed by atoms with Gasteiger partial charge in [-0.25, -0.2) is 15.0 Å². The Morgan fingerprint density at radius 2 is 1.85 bits per heavy atom. The summed E-state index contributed by atoms with van der Waals surface area (Å²) in [4.78, 5) is 32.5. The predicted octanol–water partition coefficient (Wildman–Crippen LogP) is 1.81. The molecule has 2 aromatic heterocycles. The second-order valence-corrected chi connectivity index (χ2v) is 7.71. The summed E-state index contributed by atoms with van der Waals surface area (Å²) in [6.07, 6.45) is 8.66.